The normalized spacial score (nSPS) is 10.7. The van der Waals surface area contributed by atoms with Crippen LogP contribution in [0, 0.1) is 0 Å². The van der Waals surface area contributed by atoms with E-state index >= 15 is 0 Å². The number of rotatable bonds is 0. The van der Waals surface area contributed by atoms with Gasteiger partial charge in [-0.05, 0) is 0 Å². The number of carboxylic acid groups (broad SMARTS) is 1. The average molecular weight is 238 g/mol. The predicted molar refractivity (Wildman–Crippen MR) is 53.0 cm³/mol. The van der Waals surface area contributed by atoms with Crippen molar-refractivity contribution in [1.29, 1.82) is 0 Å². The van der Waals surface area contributed by atoms with Gasteiger partial charge in [-0.25, -0.2) is 4.79 Å². The Morgan fingerprint density at radius 3 is 1.55 bits per heavy atom. The van der Waals surface area contributed by atoms with Gasteiger partial charge in [-0.3, -0.25) is 0 Å². The summed E-state index contributed by atoms with van der Waals surface area (Å²) in [6.45, 7) is 4.46. The number of carbonyl (C=O) groups is 1. The van der Waals surface area contributed by atoms with Gasteiger partial charge in [0.05, 0.1) is 0 Å². The monoisotopic (exact) mass is 236 g/mol. The highest BCUT2D eigenvalue weighted by Crippen LogP contribution is 2.25. The Labute approximate surface area is 84.2 Å². The van der Waals surface area contributed by atoms with Crippen molar-refractivity contribution in [1.82, 2.24) is 0 Å². The molecule has 0 fully saturated rings. The quantitative estimate of drug-likeness (QED) is 0.514. The van der Waals surface area contributed by atoms with Gasteiger partial charge < -0.3 is 5.11 Å². The number of carboxylic acids is 1. The minimum absolute atomic E-state index is 0.972. The SMILES string of the molecule is CC(C)[SiH3].O=C(O)C(Cl)(Cl)Cl. The number of hydrogen-bond donors (Lipinski definition) is 1. The summed E-state index contributed by atoms with van der Waals surface area (Å²) in [6, 6.07) is 0. The van der Waals surface area contributed by atoms with Crippen LogP contribution in [-0.2, 0) is 4.79 Å². The second-order valence-corrected chi connectivity index (χ2v) is 7.13. The number of halogens is 3. The first kappa shape index (κ1) is 14.1. The maximum absolute atomic E-state index is 9.62. The summed E-state index contributed by atoms with van der Waals surface area (Å²) in [5, 5.41) is 7.85. The predicted octanol–water partition coefficient (Wildman–Crippen LogP) is 1.62. The molecule has 68 valence electrons. The lowest BCUT2D eigenvalue weighted by Crippen LogP contribution is -2.16. The van der Waals surface area contributed by atoms with Gasteiger partial charge >= 0.3 is 5.97 Å². The van der Waals surface area contributed by atoms with Crippen LogP contribution in [0.3, 0.4) is 0 Å². The Morgan fingerprint density at radius 2 is 1.55 bits per heavy atom. The Hall–Kier alpha value is 0.557. The molecule has 0 bridgehead atoms. The van der Waals surface area contributed by atoms with Gasteiger partial charge in [0, 0.05) is 10.2 Å². The molecule has 1 N–H and O–H groups in total. The van der Waals surface area contributed by atoms with E-state index in [1.54, 1.807) is 0 Å². The third-order valence-electron chi connectivity index (χ3n) is 0.243. The van der Waals surface area contributed by atoms with Gasteiger partial charge in [-0.1, -0.05) is 54.2 Å². The van der Waals surface area contributed by atoms with Gasteiger partial charge in [-0.15, -0.1) is 0 Å². The summed E-state index contributed by atoms with van der Waals surface area (Å²) in [5.74, 6) is -1.46. The molecule has 0 radical (unpaired) electrons. The van der Waals surface area contributed by atoms with Gasteiger partial charge in [0.15, 0.2) is 0 Å². The van der Waals surface area contributed by atoms with Crippen LogP contribution in [-0.4, -0.2) is 25.1 Å². The van der Waals surface area contributed by atoms with Gasteiger partial charge in [-0.2, -0.15) is 0 Å². The van der Waals surface area contributed by atoms with E-state index in [-0.39, 0.29) is 0 Å². The average Bonchev–Trinajstić information content (AvgIpc) is 1.59. The van der Waals surface area contributed by atoms with E-state index in [1.807, 2.05) is 0 Å². The van der Waals surface area contributed by atoms with Crippen LogP contribution in [0.4, 0.5) is 0 Å². The molecular formula is C5H11Cl3O2Si. The van der Waals surface area contributed by atoms with Crippen LogP contribution >= 0.6 is 34.8 Å². The highest BCUT2D eigenvalue weighted by molar-refractivity contribution is 6.75. The molecule has 6 heteroatoms. The summed E-state index contributed by atoms with van der Waals surface area (Å²) < 4.78 is -2.17. The molecule has 11 heavy (non-hydrogen) atoms. The summed E-state index contributed by atoms with van der Waals surface area (Å²) in [6.07, 6.45) is 0. The molecule has 0 rings (SSSR count). The third kappa shape index (κ3) is 18.0. The van der Waals surface area contributed by atoms with Crippen LogP contribution in [0.2, 0.25) is 5.54 Å². The Kier molecular flexibility index (Phi) is 7.84. The Bertz CT molecular complexity index is 119. The Balaban J connectivity index is 0. The van der Waals surface area contributed by atoms with E-state index < -0.39 is 9.76 Å². The molecular weight excluding hydrogens is 226 g/mol. The van der Waals surface area contributed by atoms with Crippen molar-refractivity contribution < 1.29 is 9.90 Å². The summed E-state index contributed by atoms with van der Waals surface area (Å²) in [7, 11) is 1.35. The van der Waals surface area contributed by atoms with Crippen molar-refractivity contribution in [3.05, 3.63) is 0 Å². The van der Waals surface area contributed by atoms with Crippen LogP contribution in [0.1, 0.15) is 13.8 Å². The van der Waals surface area contributed by atoms with E-state index in [4.69, 9.17) is 39.9 Å². The van der Waals surface area contributed by atoms with Crippen LogP contribution in [0.25, 0.3) is 0 Å². The zero-order chi connectivity index (χ0) is 9.65. The summed E-state index contributed by atoms with van der Waals surface area (Å²) in [5.41, 5.74) is 0.972. The third-order valence-corrected chi connectivity index (χ3v) is 0.728. The number of hydrogen-bond acceptors (Lipinski definition) is 1. The van der Waals surface area contributed by atoms with Gasteiger partial charge in [0.25, 0.3) is 3.79 Å². The van der Waals surface area contributed by atoms with E-state index in [2.05, 4.69) is 13.8 Å². The lowest BCUT2D eigenvalue weighted by atomic mass is 10.6. The first-order chi connectivity index (χ1) is 4.68. The molecule has 0 aliphatic heterocycles. The highest BCUT2D eigenvalue weighted by atomic mass is 35.6. The van der Waals surface area contributed by atoms with Crippen molar-refractivity contribution in [3.63, 3.8) is 0 Å². The lowest BCUT2D eigenvalue weighted by molar-refractivity contribution is -0.135. The number of aliphatic carboxylic acids is 1. The molecule has 0 aromatic carbocycles. The van der Waals surface area contributed by atoms with Crippen LogP contribution in [0.15, 0.2) is 0 Å². The maximum atomic E-state index is 9.62. The molecule has 0 aromatic rings. The molecule has 2 nitrogen and oxygen atoms in total. The maximum Gasteiger partial charge on any atom is 0.356 e. The second-order valence-electron chi connectivity index (χ2n) is 2.53. The fourth-order valence-corrected chi connectivity index (χ4v) is 0. The minimum atomic E-state index is -2.17. The van der Waals surface area contributed by atoms with Gasteiger partial charge in [0.2, 0.25) is 0 Å². The fraction of sp³-hybridized carbons (Fsp3) is 0.800. The number of alkyl halides is 3. The zero-order valence-corrected chi connectivity index (χ0v) is 10.8. The molecule has 0 aliphatic rings. The molecule has 0 aliphatic carbocycles. The van der Waals surface area contributed by atoms with Crippen molar-refractivity contribution >= 4 is 51.0 Å². The van der Waals surface area contributed by atoms with E-state index in [0.29, 0.717) is 0 Å². The standard InChI is InChI=1S/C3H10Si.C2HCl3O2/c1-3(2)4;3-2(4,5)1(6)7/h3H,1-2,4H3;(H,6,7). The summed E-state index contributed by atoms with van der Waals surface area (Å²) in [4.78, 5) is 9.62. The van der Waals surface area contributed by atoms with E-state index in [1.165, 1.54) is 10.2 Å². The van der Waals surface area contributed by atoms with Crippen molar-refractivity contribution in [2.24, 2.45) is 0 Å². The van der Waals surface area contributed by atoms with E-state index in [9.17, 15) is 4.79 Å². The molecule has 0 unspecified atom stereocenters. The van der Waals surface area contributed by atoms with Crippen molar-refractivity contribution in [2.75, 3.05) is 0 Å². The molecule has 0 amide bonds. The zero-order valence-electron chi connectivity index (χ0n) is 6.57. The van der Waals surface area contributed by atoms with Crippen molar-refractivity contribution in [2.45, 2.75) is 23.2 Å². The highest BCUT2D eigenvalue weighted by Gasteiger charge is 2.29. The first-order valence-electron chi connectivity index (χ1n) is 2.98. The first-order valence-corrected chi connectivity index (χ1v) is 5.27. The molecule has 0 saturated heterocycles. The second kappa shape index (κ2) is 6.12. The fourth-order valence-electron chi connectivity index (χ4n) is 0. The Morgan fingerprint density at radius 1 is 1.45 bits per heavy atom. The smallest absolute Gasteiger partial charge is 0.356 e. The minimum Gasteiger partial charge on any atom is -0.478 e. The van der Waals surface area contributed by atoms with Crippen LogP contribution in [0.5, 0.6) is 0 Å². The lowest BCUT2D eigenvalue weighted by Gasteiger charge is -1.99. The topological polar surface area (TPSA) is 37.3 Å². The van der Waals surface area contributed by atoms with Crippen molar-refractivity contribution in [3.8, 4) is 0 Å². The van der Waals surface area contributed by atoms with E-state index in [0.717, 1.165) is 5.54 Å². The molecule has 0 spiro atoms. The molecule has 0 heterocycles. The van der Waals surface area contributed by atoms with Crippen LogP contribution < -0.4 is 0 Å². The summed E-state index contributed by atoms with van der Waals surface area (Å²) >= 11 is 14.4. The molecule has 0 atom stereocenters. The molecule has 0 saturated carbocycles. The largest absolute Gasteiger partial charge is 0.478 e. The molecule has 0 aromatic heterocycles. The van der Waals surface area contributed by atoms with Gasteiger partial charge in [0.1, 0.15) is 0 Å².